The molecule has 0 saturated heterocycles. The molecule has 0 unspecified atom stereocenters. The third kappa shape index (κ3) is 4.30. The van der Waals surface area contributed by atoms with Crippen LogP contribution in [0.15, 0.2) is 63.2 Å². The second-order valence-electron chi connectivity index (χ2n) is 8.24. The summed E-state index contributed by atoms with van der Waals surface area (Å²) >= 11 is 0. The smallest absolute Gasteiger partial charge is 0.332 e. The Bertz CT molecular complexity index is 1440. The van der Waals surface area contributed by atoms with Gasteiger partial charge < -0.3 is 4.90 Å². The minimum absolute atomic E-state index is 0.309. The third-order valence-electron chi connectivity index (χ3n) is 5.60. The molecule has 1 N–H and O–H groups in total. The first kappa shape index (κ1) is 22.1. The van der Waals surface area contributed by atoms with E-state index >= 15 is 0 Å². The van der Waals surface area contributed by atoms with Crippen LogP contribution in [0.25, 0.3) is 11.2 Å². The molecule has 9 heteroatoms. The van der Waals surface area contributed by atoms with Crippen molar-refractivity contribution in [3.8, 4) is 0 Å². The number of aromatic nitrogens is 4. The van der Waals surface area contributed by atoms with Gasteiger partial charge in [0.1, 0.15) is 0 Å². The van der Waals surface area contributed by atoms with Gasteiger partial charge in [-0.05, 0) is 30.2 Å². The summed E-state index contributed by atoms with van der Waals surface area (Å²) in [6, 6.07) is 16.0. The van der Waals surface area contributed by atoms with Gasteiger partial charge in [0.15, 0.2) is 11.2 Å². The number of nitrogens with zero attached hydrogens (tertiary/aromatic N) is 6. The largest absolute Gasteiger partial charge is 0.378 e. The van der Waals surface area contributed by atoms with E-state index in [1.165, 1.54) is 11.6 Å². The summed E-state index contributed by atoms with van der Waals surface area (Å²) in [4.78, 5) is 32.0. The summed E-state index contributed by atoms with van der Waals surface area (Å²) in [6.45, 7) is 2.42. The van der Waals surface area contributed by atoms with Crippen molar-refractivity contribution in [2.24, 2.45) is 19.2 Å². The van der Waals surface area contributed by atoms with E-state index in [0.717, 1.165) is 26.9 Å². The maximum absolute atomic E-state index is 13.0. The Labute approximate surface area is 191 Å². The molecular formula is C24H27N7O2. The minimum atomic E-state index is -0.427. The van der Waals surface area contributed by atoms with Crippen molar-refractivity contribution in [1.82, 2.24) is 18.7 Å². The van der Waals surface area contributed by atoms with Crippen LogP contribution in [0.5, 0.6) is 0 Å². The highest BCUT2D eigenvalue weighted by Crippen LogP contribution is 2.18. The number of hydrazone groups is 1. The van der Waals surface area contributed by atoms with Gasteiger partial charge in [0.2, 0.25) is 5.95 Å². The molecule has 0 fully saturated rings. The lowest BCUT2D eigenvalue weighted by atomic mass is 10.1. The van der Waals surface area contributed by atoms with Crippen molar-refractivity contribution in [3.05, 3.63) is 86.1 Å². The van der Waals surface area contributed by atoms with Crippen LogP contribution in [-0.4, -0.2) is 39.0 Å². The maximum atomic E-state index is 13.0. The molecule has 0 amide bonds. The first-order valence-electron chi connectivity index (χ1n) is 10.5. The van der Waals surface area contributed by atoms with Gasteiger partial charge in [-0.1, -0.05) is 42.0 Å². The Morgan fingerprint density at radius 1 is 1.00 bits per heavy atom. The number of hydrogen-bond donors (Lipinski definition) is 1. The second kappa shape index (κ2) is 8.78. The first-order valence-corrected chi connectivity index (χ1v) is 10.5. The number of benzene rings is 2. The molecule has 4 aromatic rings. The average Bonchev–Trinajstić information content (AvgIpc) is 3.16. The molecule has 0 aliphatic carbocycles. The summed E-state index contributed by atoms with van der Waals surface area (Å²) in [7, 11) is 7.05. The van der Waals surface area contributed by atoms with Crippen molar-refractivity contribution in [3.63, 3.8) is 0 Å². The quantitative estimate of drug-likeness (QED) is 0.363. The van der Waals surface area contributed by atoms with E-state index in [-0.39, 0.29) is 0 Å². The van der Waals surface area contributed by atoms with Gasteiger partial charge in [-0.15, -0.1) is 0 Å². The van der Waals surface area contributed by atoms with Crippen molar-refractivity contribution in [1.29, 1.82) is 0 Å². The molecule has 170 valence electrons. The van der Waals surface area contributed by atoms with Crippen LogP contribution in [0.2, 0.25) is 0 Å². The normalized spacial score (nSPS) is 11.4. The van der Waals surface area contributed by atoms with Crippen LogP contribution < -0.4 is 21.6 Å². The van der Waals surface area contributed by atoms with Gasteiger partial charge in [0, 0.05) is 33.9 Å². The van der Waals surface area contributed by atoms with Crippen LogP contribution in [0.3, 0.4) is 0 Å². The van der Waals surface area contributed by atoms with E-state index in [9.17, 15) is 9.59 Å². The summed E-state index contributed by atoms with van der Waals surface area (Å²) in [6.07, 6.45) is 1.69. The monoisotopic (exact) mass is 445 g/mol. The minimum Gasteiger partial charge on any atom is -0.378 e. The summed E-state index contributed by atoms with van der Waals surface area (Å²) < 4.78 is 4.22. The van der Waals surface area contributed by atoms with E-state index < -0.39 is 11.2 Å². The molecule has 0 aliphatic heterocycles. The molecule has 0 saturated carbocycles. The van der Waals surface area contributed by atoms with Crippen LogP contribution in [0.1, 0.15) is 16.7 Å². The molecule has 4 rings (SSSR count). The second-order valence-corrected chi connectivity index (χ2v) is 8.24. The standard InChI is InChI=1S/C24H27N7O2/c1-16-6-8-18(9-7-16)15-31-20-21(29(4)24(33)30(5)22(20)32)26-23(31)27-25-14-17-10-12-19(13-11-17)28(2)3/h6-14H,15H2,1-5H3,(H,26,27)/b25-14-. The van der Waals surface area contributed by atoms with Crippen molar-refractivity contribution < 1.29 is 0 Å². The van der Waals surface area contributed by atoms with Crippen LogP contribution in [-0.2, 0) is 20.6 Å². The molecule has 2 aromatic carbocycles. The predicted molar refractivity (Wildman–Crippen MR) is 132 cm³/mol. The average molecular weight is 446 g/mol. The lowest BCUT2D eigenvalue weighted by Gasteiger charge is -2.11. The van der Waals surface area contributed by atoms with Gasteiger partial charge in [0.25, 0.3) is 5.56 Å². The Morgan fingerprint density at radius 2 is 1.67 bits per heavy atom. The molecule has 0 atom stereocenters. The molecule has 2 aromatic heterocycles. The summed E-state index contributed by atoms with van der Waals surface area (Å²) in [5.41, 5.74) is 6.94. The zero-order chi connectivity index (χ0) is 23.7. The molecule has 33 heavy (non-hydrogen) atoms. The third-order valence-corrected chi connectivity index (χ3v) is 5.60. The number of fused-ring (bicyclic) bond motifs is 1. The van der Waals surface area contributed by atoms with Gasteiger partial charge in [-0.3, -0.25) is 18.5 Å². The van der Waals surface area contributed by atoms with Crippen LogP contribution >= 0.6 is 0 Å². The fraction of sp³-hybridized carbons (Fsp3) is 0.250. The molecule has 9 nitrogen and oxygen atoms in total. The van der Waals surface area contributed by atoms with E-state index in [0.29, 0.717) is 23.7 Å². The number of imidazole rings is 1. The first-order chi connectivity index (χ1) is 15.8. The van der Waals surface area contributed by atoms with Crippen molar-refractivity contribution in [2.45, 2.75) is 13.5 Å². The Hall–Kier alpha value is -4.14. The molecule has 0 spiro atoms. The van der Waals surface area contributed by atoms with Crippen LogP contribution in [0.4, 0.5) is 11.6 Å². The molecule has 0 radical (unpaired) electrons. The van der Waals surface area contributed by atoms with E-state index in [2.05, 4.69) is 15.5 Å². The number of anilines is 2. The summed E-state index contributed by atoms with van der Waals surface area (Å²) in [5.74, 6) is 0.380. The van der Waals surface area contributed by atoms with Gasteiger partial charge in [0.05, 0.1) is 12.8 Å². The number of aryl methyl sites for hydroxylation is 2. The number of rotatable bonds is 6. The Morgan fingerprint density at radius 3 is 2.30 bits per heavy atom. The van der Waals surface area contributed by atoms with Crippen LogP contribution in [0, 0.1) is 6.92 Å². The fourth-order valence-corrected chi connectivity index (χ4v) is 3.58. The molecule has 0 aliphatic rings. The maximum Gasteiger partial charge on any atom is 0.332 e. The fourth-order valence-electron chi connectivity index (χ4n) is 3.58. The topological polar surface area (TPSA) is 89.5 Å². The van der Waals surface area contributed by atoms with E-state index in [1.54, 1.807) is 17.8 Å². The zero-order valence-electron chi connectivity index (χ0n) is 19.4. The Kier molecular flexibility index (Phi) is 5.87. The number of hydrogen-bond acceptors (Lipinski definition) is 6. The number of nitrogens with one attached hydrogen (secondary N) is 1. The summed E-state index contributed by atoms with van der Waals surface area (Å²) in [5, 5.41) is 4.33. The lowest BCUT2D eigenvalue weighted by Crippen LogP contribution is -2.37. The molecular weight excluding hydrogens is 418 g/mol. The lowest BCUT2D eigenvalue weighted by molar-refractivity contribution is 0.702. The van der Waals surface area contributed by atoms with Gasteiger partial charge in [-0.2, -0.15) is 10.1 Å². The zero-order valence-corrected chi connectivity index (χ0v) is 19.4. The van der Waals surface area contributed by atoms with Crippen molar-refractivity contribution in [2.75, 3.05) is 24.4 Å². The predicted octanol–water partition coefficient (Wildman–Crippen LogP) is 2.30. The van der Waals surface area contributed by atoms with E-state index in [1.807, 2.05) is 74.4 Å². The highest BCUT2D eigenvalue weighted by molar-refractivity contribution is 5.81. The Balaban J connectivity index is 1.75. The highest BCUT2D eigenvalue weighted by Gasteiger charge is 2.19. The van der Waals surface area contributed by atoms with E-state index in [4.69, 9.17) is 0 Å². The SMILES string of the molecule is Cc1ccc(Cn2c(N/N=C\c3ccc(N(C)C)cc3)nc3c2c(=O)n(C)c(=O)n3C)cc1. The molecule has 2 heterocycles. The molecule has 0 bridgehead atoms. The van der Waals surface area contributed by atoms with Crippen molar-refractivity contribution >= 4 is 29.0 Å². The highest BCUT2D eigenvalue weighted by atomic mass is 16.2. The van der Waals surface area contributed by atoms with Gasteiger partial charge >= 0.3 is 5.69 Å². The van der Waals surface area contributed by atoms with Gasteiger partial charge in [-0.25, -0.2) is 10.2 Å².